The second-order valence-corrected chi connectivity index (χ2v) is 17.8. The van der Waals surface area contributed by atoms with Crippen LogP contribution in [-0.2, 0) is 6.54 Å². The molecular weight excluding hydrogens is 691 g/mol. The average molecular weight is 748 g/mol. The lowest BCUT2D eigenvalue weighted by molar-refractivity contribution is -0.177. The Morgan fingerprint density at radius 3 is 2.27 bits per heavy atom. The van der Waals surface area contributed by atoms with Gasteiger partial charge in [-0.1, -0.05) is 92.7 Å². The van der Waals surface area contributed by atoms with Crippen LogP contribution in [0.25, 0.3) is 11.1 Å². The Balaban J connectivity index is 1.17. The number of nitrogens with zero attached hydrogens (tertiary/aromatic N) is 1. The van der Waals surface area contributed by atoms with Crippen LogP contribution in [0.4, 0.5) is 0 Å². The number of ketones is 1. The molecule has 3 aromatic carbocycles. The van der Waals surface area contributed by atoms with Crippen molar-refractivity contribution >= 4 is 5.78 Å². The van der Waals surface area contributed by atoms with Crippen molar-refractivity contribution in [3.8, 4) is 22.6 Å². The highest BCUT2D eigenvalue weighted by atomic mass is 16.5. The summed E-state index contributed by atoms with van der Waals surface area (Å²) in [5.74, 6) is 1.53. The van der Waals surface area contributed by atoms with Gasteiger partial charge in [-0.05, 0) is 79.4 Å². The predicted octanol–water partition coefficient (Wildman–Crippen LogP) is 7.00. The van der Waals surface area contributed by atoms with Crippen LogP contribution in [0.1, 0.15) is 74.7 Å². The number of aliphatic hydroxyl groups is 4. The zero-order chi connectivity index (χ0) is 38.8. The standard InChI is InChI=1S/C47H57NO7/c1-43-19-16-35(50)25-45(43)22-23-47(38(26-45)42(52)33-12-10-32(11-13-33)31-8-6-5-7-9-31)40(43)17-20-44(2)41(47)18-21-46(44,53)30-48(28-36(51)29-49)27-34-14-15-37(54-3)24-39(34)55-4/h5-15,22-24,26,35-36,40-41,49-51,53H,16-21,25,27-30H2,1-4H3. The van der Waals surface area contributed by atoms with E-state index in [2.05, 4.69) is 44.2 Å². The fourth-order valence-corrected chi connectivity index (χ4v) is 12.3. The molecule has 3 aromatic rings. The molecule has 55 heavy (non-hydrogen) atoms. The summed E-state index contributed by atoms with van der Waals surface area (Å²) in [5, 5.41) is 44.9. The molecule has 2 bridgehead atoms. The van der Waals surface area contributed by atoms with Crippen LogP contribution in [0, 0.1) is 33.5 Å². The summed E-state index contributed by atoms with van der Waals surface area (Å²) in [7, 11) is 3.23. The molecule has 3 fully saturated rings. The molecule has 9 unspecified atom stereocenters. The first-order chi connectivity index (χ1) is 26.3. The van der Waals surface area contributed by atoms with Gasteiger partial charge in [0.15, 0.2) is 5.78 Å². The van der Waals surface area contributed by atoms with E-state index in [1.807, 2.05) is 65.6 Å². The highest BCUT2D eigenvalue weighted by Crippen LogP contribution is 2.78. The van der Waals surface area contributed by atoms with Crippen LogP contribution < -0.4 is 9.47 Å². The van der Waals surface area contributed by atoms with Crippen molar-refractivity contribution in [2.24, 2.45) is 33.5 Å². The van der Waals surface area contributed by atoms with E-state index in [4.69, 9.17) is 9.47 Å². The van der Waals surface area contributed by atoms with Crippen molar-refractivity contribution in [2.45, 2.75) is 83.1 Å². The Morgan fingerprint density at radius 1 is 0.873 bits per heavy atom. The van der Waals surface area contributed by atoms with Gasteiger partial charge in [0.25, 0.3) is 0 Å². The molecule has 4 N–H and O–H groups in total. The molecule has 0 heterocycles. The maximum Gasteiger partial charge on any atom is 0.189 e. The molecule has 0 amide bonds. The van der Waals surface area contributed by atoms with Crippen LogP contribution in [0.2, 0.25) is 0 Å². The third-order valence-electron chi connectivity index (χ3n) is 15.3. The number of carbonyl (C=O) groups excluding carboxylic acids is 1. The minimum atomic E-state index is -1.14. The topological polar surface area (TPSA) is 120 Å². The van der Waals surface area contributed by atoms with Crippen molar-refractivity contribution in [1.82, 2.24) is 4.90 Å². The monoisotopic (exact) mass is 747 g/mol. The maximum atomic E-state index is 15.1. The van der Waals surface area contributed by atoms with E-state index in [1.165, 1.54) is 0 Å². The summed E-state index contributed by atoms with van der Waals surface area (Å²) in [6.07, 6.45) is 10.8. The van der Waals surface area contributed by atoms with E-state index in [9.17, 15) is 20.4 Å². The summed E-state index contributed by atoms with van der Waals surface area (Å²) >= 11 is 0. The molecule has 292 valence electrons. The SMILES string of the molecule is COc1ccc(CN(CC(O)CO)CC2(O)CCC3C45C=CC6(C=C4C(=O)c4ccc(-c7ccccc7)cc4)CC(O)CCC6(C)C5CCC32C)c(OC)c1. The summed E-state index contributed by atoms with van der Waals surface area (Å²) < 4.78 is 11.2. The van der Waals surface area contributed by atoms with Crippen molar-refractivity contribution in [1.29, 1.82) is 0 Å². The fraction of sp³-hybridized carbons (Fsp3) is 0.511. The number of Topliss-reactive ketones (excluding diaryl/α,β-unsaturated/α-hetero) is 1. The van der Waals surface area contributed by atoms with Gasteiger partial charge in [-0.3, -0.25) is 9.69 Å². The number of ether oxygens (including phenoxy) is 2. The van der Waals surface area contributed by atoms with Gasteiger partial charge in [0, 0.05) is 58.6 Å². The van der Waals surface area contributed by atoms with Crippen molar-refractivity contribution < 1.29 is 34.7 Å². The number of hydrogen-bond acceptors (Lipinski definition) is 8. The largest absolute Gasteiger partial charge is 0.497 e. The van der Waals surface area contributed by atoms with Gasteiger partial charge < -0.3 is 29.9 Å². The average Bonchev–Trinajstić information content (AvgIpc) is 3.47. The number of carbonyl (C=O) groups is 1. The second-order valence-electron chi connectivity index (χ2n) is 17.8. The summed E-state index contributed by atoms with van der Waals surface area (Å²) in [4.78, 5) is 17.2. The third kappa shape index (κ3) is 5.85. The molecule has 9 atom stereocenters. The lowest BCUT2D eigenvalue weighted by Gasteiger charge is -2.71. The molecule has 0 aromatic heterocycles. The number of methoxy groups -OCH3 is 2. The van der Waals surface area contributed by atoms with E-state index < -0.39 is 34.1 Å². The summed E-state index contributed by atoms with van der Waals surface area (Å²) in [5.41, 5.74) is 1.71. The van der Waals surface area contributed by atoms with Crippen LogP contribution in [0.15, 0.2) is 96.6 Å². The minimum absolute atomic E-state index is 0.0131. The third-order valence-corrected chi connectivity index (χ3v) is 15.3. The maximum absolute atomic E-state index is 15.1. The van der Waals surface area contributed by atoms with Gasteiger partial charge in [0.1, 0.15) is 11.5 Å². The zero-order valence-electron chi connectivity index (χ0n) is 32.7. The Bertz CT molecular complexity index is 1980. The van der Waals surface area contributed by atoms with Gasteiger partial charge in [-0.25, -0.2) is 0 Å². The number of fused-ring (bicyclic) bond motifs is 1. The Hall–Kier alpha value is -3.79. The van der Waals surface area contributed by atoms with Crippen molar-refractivity contribution in [3.05, 3.63) is 108 Å². The molecule has 6 aliphatic carbocycles. The van der Waals surface area contributed by atoms with Gasteiger partial charge in [0.05, 0.1) is 38.6 Å². The van der Waals surface area contributed by atoms with E-state index in [1.54, 1.807) is 14.2 Å². The first-order valence-electron chi connectivity index (χ1n) is 20.1. The first kappa shape index (κ1) is 38.1. The van der Waals surface area contributed by atoms with Crippen LogP contribution in [0.3, 0.4) is 0 Å². The quantitative estimate of drug-likeness (QED) is 0.116. The summed E-state index contributed by atoms with van der Waals surface area (Å²) in [6.45, 7) is 5.11. The number of aliphatic hydroxyl groups excluding tert-OH is 3. The lowest BCUT2D eigenvalue weighted by atomic mass is 9.32. The van der Waals surface area contributed by atoms with Gasteiger partial charge in [-0.15, -0.1) is 0 Å². The predicted molar refractivity (Wildman–Crippen MR) is 213 cm³/mol. The normalized spacial score (nSPS) is 35.1. The molecule has 2 spiro atoms. The van der Waals surface area contributed by atoms with Crippen LogP contribution >= 0.6 is 0 Å². The second kappa shape index (κ2) is 14.0. The number of hydrogen-bond donors (Lipinski definition) is 4. The van der Waals surface area contributed by atoms with Crippen molar-refractivity contribution in [3.63, 3.8) is 0 Å². The highest BCUT2D eigenvalue weighted by molar-refractivity contribution is 6.10. The molecule has 8 heteroatoms. The molecule has 3 saturated carbocycles. The van der Waals surface area contributed by atoms with Crippen molar-refractivity contribution in [2.75, 3.05) is 33.9 Å². The van der Waals surface area contributed by atoms with Gasteiger partial charge in [0.2, 0.25) is 0 Å². The lowest BCUT2D eigenvalue weighted by Crippen LogP contribution is -2.67. The first-order valence-corrected chi connectivity index (χ1v) is 20.1. The number of allylic oxidation sites excluding steroid dienone is 4. The Labute approximate surface area is 325 Å². The van der Waals surface area contributed by atoms with Gasteiger partial charge in [-0.2, -0.15) is 0 Å². The molecule has 9 rings (SSSR count). The van der Waals surface area contributed by atoms with Crippen LogP contribution in [0.5, 0.6) is 11.5 Å². The molecule has 0 aliphatic heterocycles. The zero-order valence-corrected chi connectivity index (χ0v) is 32.7. The summed E-state index contributed by atoms with van der Waals surface area (Å²) in [6, 6.07) is 23.8. The molecule has 0 saturated heterocycles. The van der Waals surface area contributed by atoms with E-state index in [0.717, 1.165) is 54.4 Å². The minimum Gasteiger partial charge on any atom is -0.497 e. The smallest absolute Gasteiger partial charge is 0.189 e. The van der Waals surface area contributed by atoms with E-state index in [0.29, 0.717) is 36.4 Å². The van der Waals surface area contributed by atoms with Crippen LogP contribution in [-0.4, -0.2) is 82.8 Å². The molecular formula is C47H57NO7. The Kier molecular flexibility index (Phi) is 9.70. The van der Waals surface area contributed by atoms with Gasteiger partial charge >= 0.3 is 0 Å². The number of benzene rings is 3. The fourth-order valence-electron chi connectivity index (χ4n) is 12.3. The van der Waals surface area contributed by atoms with E-state index in [-0.39, 0.29) is 42.7 Å². The Morgan fingerprint density at radius 2 is 1.56 bits per heavy atom. The molecule has 0 radical (unpaired) electrons. The highest BCUT2D eigenvalue weighted by Gasteiger charge is 2.74. The molecule has 6 aliphatic rings. The number of rotatable bonds is 12. The van der Waals surface area contributed by atoms with E-state index >= 15 is 4.79 Å². The molecule has 8 nitrogen and oxygen atoms in total.